The maximum atomic E-state index is 12.0. The molecule has 3 heterocycles. The second kappa shape index (κ2) is 5.73. The molecule has 0 spiro atoms. The third-order valence-electron chi connectivity index (χ3n) is 3.20. The van der Waals surface area contributed by atoms with Crippen molar-refractivity contribution >= 4 is 28.6 Å². The molecule has 3 aromatic rings. The molecule has 0 aliphatic heterocycles. The number of ether oxygens (including phenoxy) is 1. The number of fused-ring (bicyclic) bond motifs is 1. The van der Waals surface area contributed by atoms with Gasteiger partial charge in [-0.15, -0.1) is 0 Å². The van der Waals surface area contributed by atoms with E-state index in [2.05, 4.69) is 15.1 Å². The molecule has 0 saturated carbocycles. The number of hydrogen-bond donors (Lipinski definition) is 0. The Balaban J connectivity index is 2.22. The van der Waals surface area contributed by atoms with E-state index in [1.54, 1.807) is 30.1 Å². The number of pyridine rings is 2. The molecular formula is C15H13ClN4O2. The van der Waals surface area contributed by atoms with Gasteiger partial charge in [-0.2, -0.15) is 5.10 Å². The van der Waals surface area contributed by atoms with Crippen LogP contribution in [0, 0.1) is 0 Å². The monoisotopic (exact) mass is 316 g/mol. The van der Waals surface area contributed by atoms with Gasteiger partial charge in [0.2, 0.25) is 0 Å². The van der Waals surface area contributed by atoms with Gasteiger partial charge in [-0.1, -0.05) is 11.6 Å². The van der Waals surface area contributed by atoms with E-state index < -0.39 is 5.97 Å². The number of carbonyl (C=O) groups excluding carboxylic acids is 1. The molecule has 112 valence electrons. The minimum atomic E-state index is -0.497. The SMILES string of the molecule is CCOC(=O)c1cc2c(-c3cnn(C)c3)ccnc2nc1Cl. The highest BCUT2D eigenvalue weighted by Crippen LogP contribution is 2.29. The predicted molar refractivity (Wildman–Crippen MR) is 82.7 cm³/mol. The number of hydrogen-bond acceptors (Lipinski definition) is 5. The molecular weight excluding hydrogens is 304 g/mol. The minimum absolute atomic E-state index is 0.0850. The highest BCUT2D eigenvalue weighted by molar-refractivity contribution is 6.33. The Kier molecular flexibility index (Phi) is 3.77. The Morgan fingerprint density at radius 1 is 1.45 bits per heavy atom. The molecule has 0 amide bonds. The van der Waals surface area contributed by atoms with Gasteiger partial charge in [-0.3, -0.25) is 4.68 Å². The molecule has 0 atom stereocenters. The number of nitrogens with zero attached hydrogens (tertiary/aromatic N) is 4. The smallest absolute Gasteiger partial charge is 0.341 e. The van der Waals surface area contributed by atoms with Crippen LogP contribution in [0.15, 0.2) is 30.7 Å². The summed E-state index contributed by atoms with van der Waals surface area (Å²) in [6.07, 6.45) is 5.28. The van der Waals surface area contributed by atoms with E-state index in [4.69, 9.17) is 16.3 Å². The minimum Gasteiger partial charge on any atom is -0.462 e. The Bertz CT molecular complexity index is 860. The zero-order chi connectivity index (χ0) is 15.7. The maximum absolute atomic E-state index is 12.0. The zero-order valence-corrected chi connectivity index (χ0v) is 12.8. The van der Waals surface area contributed by atoms with Crippen molar-refractivity contribution in [3.8, 4) is 11.1 Å². The fourth-order valence-corrected chi connectivity index (χ4v) is 2.43. The summed E-state index contributed by atoms with van der Waals surface area (Å²) in [7, 11) is 1.84. The molecule has 3 rings (SSSR count). The van der Waals surface area contributed by atoms with Crippen LogP contribution in [0.2, 0.25) is 5.15 Å². The Morgan fingerprint density at radius 2 is 2.27 bits per heavy atom. The molecule has 0 bridgehead atoms. The first kappa shape index (κ1) is 14.5. The lowest BCUT2D eigenvalue weighted by Crippen LogP contribution is -2.06. The number of rotatable bonds is 3. The van der Waals surface area contributed by atoms with Gasteiger partial charge < -0.3 is 4.74 Å². The second-order valence-corrected chi connectivity index (χ2v) is 5.04. The molecule has 0 unspecified atom stereocenters. The number of aromatic nitrogens is 4. The van der Waals surface area contributed by atoms with Gasteiger partial charge in [0.25, 0.3) is 0 Å². The first-order valence-corrected chi connectivity index (χ1v) is 7.09. The highest BCUT2D eigenvalue weighted by Gasteiger charge is 2.17. The van der Waals surface area contributed by atoms with E-state index in [0.29, 0.717) is 5.65 Å². The summed E-state index contributed by atoms with van der Waals surface area (Å²) in [5.41, 5.74) is 2.50. The zero-order valence-electron chi connectivity index (χ0n) is 12.1. The van der Waals surface area contributed by atoms with Crippen molar-refractivity contribution in [3.63, 3.8) is 0 Å². The van der Waals surface area contributed by atoms with Crippen molar-refractivity contribution in [1.29, 1.82) is 0 Å². The average molecular weight is 317 g/mol. The third-order valence-corrected chi connectivity index (χ3v) is 3.48. The first-order valence-electron chi connectivity index (χ1n) is 6.71. The van der Waals surface area contributed by atoms with E-state index in [1.165, 1.54) is 0 Å². The third kappa shape index (κ3) is 2.53. The van der Waals surface area contributed by atoms with Gasteiger partial charge in [0.15, 0.2) is 5.65 Å². The van der Waals surface area contributed by atoms with Crippen LogP contribution in [0.4, 0.5) is 0 Å². The molecule has 7 heteroatoms. The summed E-state index contributed by atoms with van der Waals surface area (Å²) in [6, 6.07) is 3.52. The number of aryl methyl sites for hydroxylation is 1. The fourth-order valence-electron chi connectivity index (χ4n) is 2.21. The largest absolute Gasteiger partial charge is 0.462 e. The van der Waals surface area contributed by atoms with Crippen LogP contribution >= 0.6 is 11.6 Å². The quantitative estimate of drug-likeness (QED) is 0.549. The second-order valence-electron chi connectivity index (χ2n) is 4.68. The lowest BCUT2D eigenvalue weighted by atomic mass is 10.1. The lowest BCUT2D eigenvalue weighted by molar-refractivity contribution is 0.0526. The van der Waals surface area contributed by atoms with Gasteiger partial charge in [0.05, 0.1) is 18.4 Å². The first-order chi connectivity index (χ1) is 10.6. The van der Waals surface area contributed by atoms with Gasteiger partial charge in [0.1, 0.15) is 5.15 Å². The van der Waals surface area contributed by atoms with Crippen molar-refractivity contribution in [3.05, 3.63) is 41.4 Å². The van der Waals surface area contributed by atoms with Crippen LogP contribution in [0.5, 0.6) is 0 Å². The molecule has 0 saturated heterocycles. The lowest BCUT2D eigenvalue weighted by Gasteiger charge is -2.08. The number of esters is 1. The molecule has 0 radical (unpaired) electrons. The van der Waals surface area contributed by atoms with Crippen LogP contribution in [0.25, 0.3) is 22.2 Å². The Morgan fingerprint density at radius 3 is 2.95 bits per heavy atom. The van der Waals surface area contributed by atoms with Crippen molar-refractivity contribution in [2.45, 2.75) is 6.92 Å². The summed E-state index contributed by atoms with van der Waals surface area (Å²) in [5.74, 6) is -0.497. The van der Waals surface area contributed by atoms with Crippen LogP contribution < -0.4 is 0 Å². The van der Waals surface area contributed by atoms with Gasteiger partial charge >= 0.3 is 5.97 Å². The van der Waals surface area contributed by atoms with Crippen LogP contribution in [-0.2, 0) is 11.8 Å². The van der Waals surface area contributed by atoms with Crippen molar-refractivity contribution < 1.29 is 9.53 Å². The Hall–Kier alpha value is -2.47. The standard InChI is InChI=1S/C15H13ClN4O2/c1-3-22-15(21)12-6-11-10(9-7-18-20(2)8-9)4-5-17-14(11)19-13(12)16/h4-8H,3H2,1-2H3. The molecule has 0 aliphatic rings. The summed E-state index contributed by atoms with van der Waals surface area (Å²) in [6.45, 7) is 2.01. The van der Waals surface area contributed by atoms with E-state index in [1.807, 2.05) is 19.3 Å². The molecule has 22 heavy (non-hydrogen) atoms. The molecule has 0 aliphatic carbocycles. The number of halogens is 1. The maximum Gasteiger partial charge on any atom is 0.341 e. The molecule has 3 aromatic heterocycles. The van der Waals surface area contributed by atoms with Crippen molar-refractivity contribution in [1.82, 2.24) is 19.7 Å². The molecule has 0 fully saturated rings. The van der Waals surface area contributed by atoms with E-state index in [-0.39, 0.29) is 17.3 Å². The summed E-state index contributed by atoms with van der Waals surface area (Å²) in [5, 5.41) is 4.97. The van der Waals surface area contributed by atoms with Crippen molar-refractivity contribution in [2.75, 3.05) is 6.61 Å². The average Bonchev–Trinajstić information content (AvgIpc) is 2.92. The summed E-state index contributed by atoms with van der Waals surface area (Å²) in [4.78, 5) is 20.4. The topological polar surface area (TPSA) is 69.9 Å². The van der Waals surface area contributed by atoms with Crippen molar-refractivity contribution in [2.24, 2.45) is 7.05 Å². The van der Waals surface area contributed by atoms with Crippen LogP contribution in [-0.4, -0.2) is 32.3 Å². The normalized spacial score (nSPS) is 10.9. The van der Waals surface area contributed by atoms with Gasteiger partial charge in [-0.05, 0) is 24.6 Å². The molecule has 0 N–H and O–H groups in total. The van der Waals surface area contributed by atoms with Gasteiger partial charge in [0, 0.05) is 30.4 Å². The highest BCUT2D eigenvalue weighted by atomic mass is 35.5. The number of carbonyl (C=O) groups is 1. The van der Waals surface area contributed by atoms with Crippen LogP contribution in [0.3, 0.4) is 0 Å². The molecule has 6 nitrogen and oxygen atoms in total. The van der Waals surface area contributed by atoms with E-state index in [0.717, 1.165) is 16.5 Å². The van der Waals surface area contributed by atoms with E-state index in [9.17, 15) is 4.79 Å². The van der Waals surface area contributed by atoms with E-state index >= 15 is 0 Å². The predicted octanol–water partition coefficient (Wildman–Crippen LogP) is 2.86. The van der Waals surface area contributed by atoms with Gasteiger partial charge in [-0.25, -0.2) is 14.8 Å². The summed E-state index contributed by atoms with van der Waals surface area (Å²) < 4.78 is 6.71. The Labute approximate surface area is 131 Å². The fraction of sp³-hybridized carbons (Fsp3) is 0.200. The van der Waals surface area contributed by atoms with Crippen LogP contribution in [0.1, 0.15) is 17.3 Å². The summed E-state index contributed by atoms with van der Waals surface area (Å²) >= 11 is 6.07. The molecule has 0 aromatic carbocycles.